The number of aryl methyl sites for hydroxylation is 1. The Morgan fingerprint density at radius 2 is 2.06 bits per heavy atom. The van der Waals surface area contributed by atoms with Gasteiger partial charge in [-0.2, -0.15) is 5.10 Å². The van der Waals surface area contributed by atoms with E-state index in [0.29, 0.717) is 12.4 Å². The van der Waals surface area contributed by atoms with Gasteiger partial charge in [-0.25, -0.2) is 4.68 Å². The van der Waals surface area contributed by atoms with Crippen LogP contribution in [0, 0.1) is 0 Å². The highest BCUT2D eigenvalue weighted by atomic mass is 16.5. The van der Waals surface area contributed by atoms with E-state index in [9.17, 15) is 0 Å². The van der Waals surface area contributed by atoms with Crippen LogP contribution in [0.4, 0.5) is 5.69 Å². The van der Waals surface area contributed by atoms with Crippen LogP contribution in [0.5, 0.6) is 5.75 Å². The van der Waals surface area contributed by atoms with Gasteiger partial charge in [0.05, 0.1) is 18.1 Å². The largest absolute Gasteiger partial charge is 0.471 e. The molecule has 0 unspecified atom stereocenters. The number of nitrogen functional groups attached to an aromatic ring is 1. The zero-order valence-corrected chi connectivity index (χ0v) is 9.26. The predicted molar refractivity (Wildman–Crippen MR) is 63.1 cm³/mol. The molecule has 0 saturated carbocycles. The minimum Gasteiger partial charge on any atom is -0.471 e. The molecule has 4 nitrogen and oxygen atoms in total. The fourth-order valence-corrected chi connectivity index (χ4v) is 1.41. The van der Waals surface area contributed by atoms with Crippen LogP contribution in [-0.4, -0.2) is 9.78 Å². The zero-order chi connectivity index (χ0) is 11.4. The number of rotatable bonds is 4. The van der Waals surface area contributed by atoms with Crippen LogP contribution in [0.3, 0.4) is 0 Å². The Balaban J connectivity index is 1.94. The van der Waals surface area contributed by atoms with E-state index in [1.807, 2.05) is 12.1 Å². The zero-order valence-electron chi connectivity index (χ0n) is 9.26. The van der Waals surface area contributed by atoms with Crippen molar-refractivity contribution in [3.8, 4) is 5.75 Å². The summed E-state index contributed by atoms with van der Waals surface area (Å²) >= 11 is 0. The van der Waals surface area contributed by atoms with Gasteiger partial charge >= 0.3 is 0 Å². The molecule has 16 heavy (non-hydrogen) atoms. The Morgan fingerprint density at radius 3 is 2.62 bits per heavy atom. The monoisotopic (exact) mass is 217 g/mol. The molecular formula is C12H15N3O. The summed E-state index contributed by atoms with van der Waals surface area (Å²) in [5, 5.41) is 4.03. The molecule has 0 aliphatic rings. The average Bonchev–Trinajstić information content (AvgIpc) is 2.73. The molecular weight excluding hydrogens is 202 g/mol. The van der Waals surface area contributed by atoms with Crippen molar-refractivity contribution >= 4 is 5.69 Å². The number of hydrogen-bond donors (Lipinski definition) is 1. The van der Waals surface area contributed by atoms with E-state index in [-0.39, 0.29) is 0 Å². The first-order chi connectivity index (χ1) is 7.78. The van der Waals surface area contributed by atoms with E-state index in [4.69, 9.17) is 10.5 Å². The Hall–Kier alpha value is -1.97. The van der Waals surface area contributed by atoms with Crippen LogP contribution in [0.2, 0.25) is 0 Å². The van der Waals surface area contributed by atoms with E-state index in [1.54, 1.807) is 17.1 Å². The first-order valence-corrected chi connectivity index (χ1v) is 5.27. The summed E-state index contributed by atoms with van der Waals surface area (Å²) in [6.45, 7) is 2.51. The Bertz CT molecular complexity index is 448. The lowest BCUT2D eigenvalue weighted by atomic mass is 10.2. The Morgan fingerprint density at radius 1 is 1.31 bits per heavy atom. The maximum atomic E-state index is 5.55. The number of hydrogen-bond acceptors (Lipinski definition) is 3. The number of nitrogens with zero attached hydrogens (tertiary/aromatic N) is 2. The lowest BCUT2D eigenvalue weighted by molar-refractivity contribution is 0.221. The molecule has 2 rings (SSSR count). The van der Waals surface area contributed by atoms with E-state index < -0.39 is 0 Å². The highest BCUT2D eigenvalue weighted by Gasteiger charge is 1.96. The minimum atomic E-state index is 0.378. The maximum Gasteiger partial charge on any atom is 0.180 e. The van der Waals surface area contributed by atoms with Gasteiger partial charge in [-0.05, 0) is 24.1 Å². The summed E-state index contributed by atoms with van der Waals surface area (Å²) < 4.78 is 7.21. The number of benzene rings is 1. The van der Waals surface area contributed by atoms with E-state index in [0.717, 1.165) is 12.2 Å². The Labute approximate surface area is 94.6 Å². The third kappa shape index (κ3) is 2.53. The standard InChI is InChI=1S/C12H15N3O/c1-2-10-3-5-12(6-4-10)16-9-15-8-11(13)7-14-15/h3-8H,2,9,13H2,1H3. The lowest BCUT2D eigenvalue weighted by Crippen LogP contribution is -2.05. The molecule has 0 fully saturated rings. The summed E-state index contributed by atoms with van der Waals surface area (Å²) in [4.78, 5) is 0. The fourth-order valence-electron chi connectivity index (χ4n) is 1.41. The van der Waals surface area contributed by atoms with Crippen molar-refractivity contribution in [2.24, 2.45) is 0 Å². The first-order valence-electron chi connectivity index (χ1n) is 5.27. The van der Waals surface area contributed by atoms with Gasteiger partial charge in [0, 0.05) is 0 Å². The topological polar surface area (TPSA) is 53.1 Å². The highest BCUT2D eigenvalue weighted by molar-refractivity contribution is 5.30. The molecule has 0 bridgehead atoms. The summed E-state index contributed by atoms with van der Waals surface area (Å²) in [5.41, 5.74) is 7.49. The second kappa shape index (κ2) is 4.70. The molecule has 1 aromatic carbocycles. The van der Waals surface area contributed by atoms with Crippen LogP contribution in [0.15, 0.2) is 36.7 Å². The van der Waals surface area contributed by atoms with Crippen LogP contribution in [0.25, 0.3) is 0 Å². The number of ether oxygens (including phenoxy) is 1. The number of anilines is 1. The minimum absolute atomic E-state index is 0.378. The molecule has 0 saturated heterocycles. The molecule has 84 valence electrons. The molecule has 1 heterocycles. The van der Waals surface area contributed by atoms with Crippen LogP contribution in [-0.2, 0) is 13.2 Å². The molecule has 0 aliphatic heterocycles. The van der Waals surface area contributed by atoms with Crippen LogP contribution in [0.1, 0.15) is 12.5 Å². The van der Waals surface area contributed by atoms with E-state index >= 15 is 0 Å². The summed E-state index contributed by atoms with van der Waals surface area (Å²) in [7, 11) is 0. The van der Waals surface area contributed by atoms with Crippen molar-refractivity contribution in [3.05, 3.63) is 42.2 Å². The molecule has 0 amide bonds. The second-order valence-corrected chi connectivity index (χ2v) is 3.58. The molecule has 0 atom stereocenters. The van der Waals surface area contributed by atoms with Crippen LogP contribution < -0.4 is 10.5 Å². The predicted octanol–water partition coefficient (Wildman–Crippen LogP) is 2.06. The third-order valence-corrected chi connectivity index (χ3v) is 2.35. The van der Waals surface area contributed by atoms with Crippen molar-refractivity contribution in [2.75, 3.05) is 5.73 Å². The number of aromatic nitrogens is 2. The first kappa shape index (κ1) is 10.5. The quantitative estimate of drug-likeness (QED) is 0.852. The summed E-state index contributed by atoms with van der Waals surface area (Å²) in [6.07, 6.45) is 4.37. The number of nitrogens with two attached hydrogens (primary N) is 1. The van der Waals surface area contributed by atoms with Crippen molar-refractivity contribution in [3.63, 3.8) is 0 Å². The Kier molecular flexibility index (Phi) is 3.10. The van der Waals surface area contributed by atoms with Gasteiger partial charge in [0.2, 0.25) is 0 Å². The van der Waals surface area contributed by atoms with Gasteiger partial charge in [0.15, 0.2) is 6.73 Å². The molecule has 2 aromatic rings. The van der Waals surface area contributed by atoms with Crippen LogP contribution >= 0.6 is 0 Å². The van der Waals surface area contributed by atoms with Crippen molar-refractivity contribution < 1.29 is 4.74 Å². The summed E-state index contributed by atoms with van der Waals surface area (Å²) in [6, 6.07) is 8.05. The van der Waals surface area contributed by atoms with Gasteiger partial charge in [-0.1, -0.05) is 19.1 Å². The second-order valence-electron chi connectivity index (χ2n) is 3.58. The lowest BCUT2D eigenvalue weighted by Gasteiger charge is -2.06. The van der Waals surface area contributed by atoms with E-state index in [1.165, 1.54) is 5.56 Å². The normalized spacial score (nSPS) is 10.3. The van der Waals surface area contributed by atoms with Gasteiger partial charge in [0.25, 0.3) is 0 Å². The van der Waals surface area contributed by atoms with Gasteiger partial charge in [-0.15, -0.1) is 0 Å². The van der Waals surface area contributed by atoms with E-state index in [2.05, 4.69) is 24.2 Å². The van der Waals surface area contributed by atoms with Crippen molar-refractivity contribution in [1.82, 2.24) is 9.78 Å². The third-order valence-electron chi connectivity index (χ3n) is 2.35. The van der Waals surface area contributed by atoms with Gasteiger partial charge < -0.3 is 10.5 Å². The van der Waals surface area contributed by atoms with Gasteiger partial charge in [0.1, 0.15) is 5.75 Å². The average molecular weight is 217 g/mol. The summed E-state index contributed by atoms with van der Waals surface area (Å²) in [5.74, 6) is 0.839. The SMILES string of the molecule is CCc1ccc(OCn2cc(N)cn2)cc1. The maximum absolute atomic E-state index is 5.55. The highest BCUT2D eigenvalue weighted by Crippen LogP contribution is 2.13. The fraction of sp³-hybridized carbons (Fsp3) is 0.250. The van der Waals surface area contributed by atoms with Gasteiger partial charge in [-0.3, -0.25) is 0 Å². The smallest absolute Gasteiger partial charge is 0.180 e. The molecule has 2 N–H and O–H groups in total. The van der Waals surface area contributed by atoms with Crippen molar-refractivity contribution in [1.29, 1.82) is 0 Å². The van der Waals surface area contributed by atoms with Crippen molar-refractivity contribution in [2.45, 2.75) is 20.1 Å². The molecule has 0 spiro atoms. The molecule has 0 aliphatic carbocycles. The molecule has 0 radical (unpaired) electrons. The molecule has 1 aromatic heterocycles. The molecule has 4 heteroatoms.